The zero-order chi connectivity index (χ0) is 18.3. The minimum Gasteiger partial charge on any atom is -0.469 e. The van der Waals surface area contributed by atoms with Crippen LogP contribution >= 0.6 is 11.6 Å². The Kier molecular flexibility index (Phi) is 7.43. The second-order valence-corrected chi connectivity index (χ2v) is 8.07. The molecule has 138 valence electrons. The Balaban J connectivity index is 1.78. The minimum absolute atomic E-state index is 0.121. The molecule has 1 aromatic rings. The Labute approximate surface area is 153 Å². The van der Waals surface area contributed by atoms with Crippen LogP contribution in [0, 0.1) is 0 Å². The van der Waals surface area contributed by atoms with E-state index in [0.29, 0.717) is 24.4 Å². The van der Waals surface area contributed by atoms with Gasteiger partial charge < -0.3 is 10.1 Å². The van der Waals surface area contributed by atoms with E-state index >= 15 is 0 Å². The first kappa shape index (κ1) is 19.9. The van der Waals surface area contributed by atoms with Gasteiger partial charge in [0.25, 0.3) is 0 Å². The zero-order valence-electron chi connectivity index (χ0n) is 14.1. The largest absolute Gasteiger partial charge is 0.469 e. The maximum atomic E-state index is 12.4. The molecule has 8 heteroatoms. The summed E-state index contributed by atoms with van der Waals surface area (Å²) in [4.78, 5) is 11.2. The molecule has 0 aromatic heterocycles. The number of methoxy groups -OCH3 is 1. The summed E-state index contributed by atoms with van der Waals surface area (Å²) in [6.07, 6.45) is 6.64. The standard InChI is InChI=1S/C17H23ClN2O4S/c1-24-17(21)6-4-2-3-5-14-11-15(12-19-14)20-25(22,23)16-9-7-13(18)8-10-16/h3,5,7-10,14-15,19-20H,2,4,6,11-12H2,1H3/b5-3-/t14-,15-/m1/s1. The summed E-state index contributed by atoms with van der Waals surface area (Å²) in [5, 5.41) is 3.77. The number of nitrogens with one attached hydrogen (secondary N) is 2. The number of carbonyl (C=O) groups excluding carboxylic acids is 1. The number of ether oxygens (including phenoxy) is 1. The number of sulfonamides is 1. The first-order chi connectivity index (χ1) is 11.9. The van der Waals surface area contributed by atoms with Crippen molar-refractivity contribution in [1.82, 2.24) is 10.0 Å². The molecule has 0 saturated carbocycles. The van der Waals surface area contributed by atoms with Gasteiger partial charge in [-0.2, -0.15) is 0 Å². The van der Waals surface area contributed by atoms with E-state index in [1.54, 1.807) is 12.1 Å². The average molecular weight is 387 g/mol. The molecular formula is C17H23ClN2O4S. The van der Waals surface area contributed by atoms with E-state index in [9.17, 15) is 13.2 Å². The van der Waals surface area contributed by atoms with E-state index in [1.807, 2.05) is 12.2 Å². The third kappa shape index (κ3) is 6.43. The first-order valence-electron chi connectivity index (χ1n) is 8.15. The summed E-state index contributed by atoms with van der Waals surface area (Å²) in [5.74, 6) is -0.205. The molecule has 0 radical (unpaired) electrons. The summed E-state index contributed by atoms with van der Waals surface area (Å²) in [5.41, 5.74) is 0. The molecule has 1 heterocycles. The predicted octanol–water partition coefficient (Wildman–Crippen LogP) is 2.25. The van der Waals surface area contributed by atoms with Crippen LogP contribution in [0.2, 0.25) is 5.02 Å². The Morgan fingerprint density at radius 3 is 2.80 bits per heavy atom. The fourth-order valence-electron chi connectivity index (χ4n) is 2.63. The van der Waals surface area contributed by atoms with Gasteiger partial charge >= 0.3 is 5.97 Å². The van der Waals surface area contributed by atoms with Crippen molar-refractivity contribution in [2.75, 3.05) is 13.7 Å². The van der Waals surface area contributed by atoms with Gasteiger partial charge in [0.1, 0.15) is 0 Å². The lowest BCUT2D eigenvalue weighted by Gasteiger charge is -2.12. The van der Waals surface area contributed by atoms with Crippen LogP contribution in [0.4, 0.5) is 0 Å². The third-order valence-electron chi connectivity index (χ3n) is 3.96. The van der Waals surface area contributed by atoms with Crippen LogP contribution in [0.1, 0.15) is 25.7 Å². The van der Waals surface area contributed by atoms with E-state index in [2.05, 4.69) is 14.8 Å². The topological polar surface area (TPSA) is 84.5 Å². The fourth-order valence-corrected chi connectivity index (χ4v) is 4.01. The van der Waals surface area contributed by atoms with Gasteiger partial charge in [0.05, 0.1) is 12.0 Å². The molecule has 0 spiro atoms. The number of esters is 1. The second kappa shape index (κ2) is 9.33. The van der Waals surface area contributed by atoms with Gasteiger partial charge in [-0.1, -0.05) is 23.8 Å². The smallest absolute Gasteiger partial charge is 0.305 e. The van der Waals surface area contributed by atoms with E-state index in [1.165, 1.54) is 19.2 Å². The molecule has 1 aliphatic rings. The van der Waals surface area contributed by atoms with Crippen molar-refractivity contribution in [1.29, 1.82) is 0 Å². The van der Waals surface area contributed by atoms with Crippen LogP contribution in [-0.4, -0.2) is 40.1 Å². The molecule has 25 heavy (non-hydrogen) atoms. The highest BCUT2D eigenvalue weighted by Crippen LogP contribution is 2.16. The molecule has 1 saturated heterocycles. The number of benzene rings is 1. The quantitative estimate of drug-likeness (QED) is 0.406. The van der Waals surface area contributed by atoms with E-state index in [4.69, 9.17) is 11.6 Å². The molecular weight excluding hydrogens is 364 g/mol. The van der Waals surface area contributed by atoms with Gasteiger partial charge in [0, 0.05) is 30.1 Å². The number of unbranched alkanes of at least 4 members (excludes halogenated alkanes) is 1. The van der Waals surface area contributed by atoms with Crippen molar-refractivity contribution in [3.8, 4) is 0 Å². The maximum absolute atomic E-state index is 12.4. The molecule has 0 bridgehead atoms. The van der Waals surface area contributed by atoms with Crippen molar-refractivity contribution in [3.05, 3.63) is 41.4 Å². The summed E-state index contributed by atoms with van der Waals surface area (Å²) < 4.78 is 32.0. The van der Waals surface area contributed by atoms with E-state index in [0.717, 1.165) is 12.8 Å². The van der Waals surface area contributed by atoms with Gasteiger partial charge in [-0.3, -0.25) is 4.79 Å². The third-order valence-corrected chi connectivity index (χ3v) is 5.75. The molecule has 1 aliphatic heterocycles. The second-order valence-electron chi connectivity index (χ2n) is 5.92. The highest BCUT2D eigenvalue weighted by molar-refractivity contribution is 7.89. The lowest BCUT2D eigenvalue weighted by molar-refractivity contribution is -0.140. The molecule has 0 aliphatic carbocycles. The van der Waals surface area contributed by atoms with E-state index < -0.39 is 10.0 Å². The molecule has 2 N–H and O–H groups in total. The van der Waals surface area contributed by atoms with E-state index in [-0.39, 0.29) is 22.9 Å². The number of rotatable bonds is 8. The van der Waals surface area contributed by atoms with Crippen molar-refractivity contribution >= 4 is 27.6 Å². The van der Waals surface area contributed by atoms with Gasteiger partial charge in [-0.15, -0.1) is 0 Å². The van der Waals surface area contributed by atoms with Crippen LogP contribution in [0.3, 0.4) is 0 Å². The molecule has 1 fully saturated rings. The number of carbonyl (C=O) groups is 1. The Bertz CT molecular complexity index is 704. The molecule has 0 unspecified atom stereocenters. The Morgan fingerprint density at radius 2 is 2.12 bits per heavy atom. The minimum atomic E-state index is -3.55. The zero-order valence-corrected chi connectivity index (χ0v) is 15.6. The fraction of sp³-hybridized carbons (Fsp3) is 0.471. The highest BCUT2D eigenvalue weighted by atomic mass is 35.5. The maximum Gasteiger partial charge on any atom is 0.305 e. The summed E-state index contributed by atoms with van der Waals surface area (Å²) in [6.45, 7) is 0.573. The lowest BCUT2D eigenvalue weighted by Crippen LogP contribution is -2.36. The van der Waals surface area contributed by atoms with Crippen LogP contribution < -0.4 is 10.0 Å². The SMILES string of the molecule is COC(=O)CCC/C=C\[C@@H]1C[C@@H](NS(=O)(=O)c2ccc(Cl)cc2)CN1. The number of halogens is 1. The normalized spacial score (nSPS) is 20.9. The van der Waals surface area contributed by atoms with Crippen molar-refractivity contribution < 1.29 is 17.9 Å². The van der Waals surface area contributed by atoms with Gasteiger partial charge in [-0.25, -0.2) is 13.1 Å². The molecule has 2 atom stereocenters. The molecule has 6 nitrogen and oxygen atoms in total. The van der Waals surface area contributed by atoms with Crippen molar-refractivity contribution in [3.63, 3.8) is 0 Å². The van der Waals surface area contributed by atoms with Gasteiger partial charge in [0.15, 0.2) is 0 Å². The Hall–Kier alpha value is -1.41. The predicted molar refractivity (Wildman–Crippen MR) is 97.0 cm³/mol. The average Bonchev–Trinajstić information content (AvgIpc) is 3.01. The van der Waals surface area contributed by atoms with Gasteiger partial charge in [0.2, 0.25) is 10.0 Å². The number of allylic oxidation sites excluding steroid dienone is 1. The van der Waals surface area contributed by atoms with Crippen LogP contribution in [-0.2, 0) is 19.6 Å². The highest BCUT2D eigenvalue weighted by Gasteiger charge is 2.27. The van der Waals surface area contributed by atoms with Crippen molar-refractivity contribution in [2.24, 2.45) is 0 Å². The number of hydrogen-bond acceptors (Lipinski definition) is 5. The monoisotopic (exact) mass is 386 g/mol. The Morgan fingerprint density at radius 1 is 1.40 bits per heavy atom. The van der Waals surface area contributed by atoms with Gasteiger partial charge in [-0.05, 0) is 43.5 Å². The molecule has 2 rings (SSSR count). The molecule has 1 aromatic carbocycles. The summed E-state index contributed by atoms with van der Waals surface area (Å²) in [6, 6.07) is 6.06. The van der Waals surface area contributed by atoms with Crippen LogP contribution in [0.25, 0.3) is 0 Å². The number of hydrogen-bond donors (Lipinski definition) is 2. The van der Waals surface area contributed by atoms with Crippen molar-refractivity contribution in [2.45, 2.75) is 42.7 Å². The first-order valence-corrected chi connectivity index (χ1v) is 10.0. The van der Waals surface area contributed by atoms with Crippen LogP contribution in [0.15, 0.2) is 41.3 Å². The lowest BCUT2D eigenvalue weighted by atomic mass is 10.1. The summed E-state index contributed by atoms with van der Waals surface area (Å²) in [7, 11) is -2.17. The molecule has 0 amide bonds. The van der Waals surface area contributed by atoms with Crippen LogP contribution in [0.5, 0.6) is 0 Å². The summed E-state index contributed by atoms with van der Waals surface area (Å²) >= 11 is 5.79.